The van der Waals surface area contributed by atoms with Gasteiger partial charge >= 0.3 is 5.69 Å². The van der Waals surface area contributed by atoms with Crippen molar-refractivity contribution in [2.45, 2.75) is 13.5 Å². The average molecular weight is 252 g/mol. The van der Waals surface area contributed by atoms with Gasteiger partial charge in [0.15, 0.2) is 5.82 Å². The predicted molar refractivity (Wildman–Crippen MR) is 62.9 cm³/mol. The van der Waals surface area contributed by atoms with Crippen molar-refractivity contribution < 1.29 is 4.52 Å². The maximum atomic E-state index is 11.9. The lowest BCUT2D eigenvalue weighted by molar-refractivity contribution is 0.363. The zero-order valence-corrected chi connectivity index (χ0v) is 9.88. The topological polar surface area (TPSA) is 135 Å². The highest BCUT2D eigenvalue weighted by Gasteiger charge is 2.15. The molecule has 2 heterocycles. The fraction of sp³-hybridized carbons (Fsp3) is 0.333. The molecular weight excluding hydrogens is 240 g/mol. The molecule has 2 aromatic rings. The number of aryl methyl sites for hydroxylation is 1. The molecule has 9 heteroatoms. The third kappa shape index (κ3) is 1.75. The minimum Gasteiger partial charge on any atom is -0.391 e. The van der Waals surface area contributed by atoms with Crippen LogP contribution < -0.4 is 22.7 Å². The summed E-state index contributed by atoms with van der Waals surface area (Å²) in [7, 11) is 1.42. The Morgan fingerprint density at radius 3 is 2.56 bits per heavy atom. The van der Waals surface area contributed by atoms with Crippen LogP contribution in [0.4, 0.5) is 11.5 Å². The van der Waals surface area contributed by atoms with Crippen LogP contribution in [0, 0.1) is 6.92 Å². The van der Waals surface area contributed by atoms with E-state index in [-0.39, 0.29) is 23.9 Å². The summed E-state index contributed by atoms with van der Waals surface area (Å²) in [5.41, 5.74) is 9.59. The lowest BCUT2D eigenvalue weighted by Gasteiger charge is -2.09. The molecule has 0 spiro atoms. The Morgan fingerprint density at radius 2 is 2.00 bits per heavy atom. The minimum atomic E-state index is -0.675. The van der Waals surface area contributed by atoms with Gasteiger partial charge in [-0.2, -0.15) is 4.98 Å². The summed E-state index contributed by atoms with van der Waals surface area (Å²) in [5, 5.41) is 3.57. The largest absolute Gasteiger partial charge is 0.391 e. The van der Waals surface area contributed by atoms with E-state index in [4.69, 9.17) is 16.0 Å². The summed E-state index contributed by atoms with van der Waals surface area (Å²) >= 11 is 0. The van der Waals surface area contributed by atoms with Crippen LogP contribution in [0.15, 0.2) is 14.1 Å². The molecule has 9 nitrogen and oxygen atoms in total. The Bertz CT molecular complexity index is 673. The van der Waals surface area contributed by atoms with E-state index in [1.165, 1.54) is 7.05 Å². The molecule has 0 unspecified atom stereocenters. The molecule has 0 aromatic carbocycles. The highest BCUT2D eigenvalue weighted by atomic mass is 16.5. The standard InChI is InChI=1S/C9H12N6O3/c1-4-12-5(18-13-4)3-15-8(16)6(10)7(11)14(2)9(15)17/h3,10-11H2,1-2H3. The van der Waals surface area contributed by atoms with Crippen LogP contribution in [0.5, 0.6) is 0 Å². The molecule has 0 radical (unpaired) electrons. The summed E-state index contributed by atoms with van der Waals surface area (Å²) in [6.07, 6.45) is 0. The van der Waals surface area contributed by atoms with Crippen molar-refractivity contribution in [1.29, 1.82) is 0 Å². The lowest BCUT2D eigenvalue weighted by atomic mass is 10.4. The smallest absolute Gasteiger partial charge is 0.332 e. The monoisotopic (exact) mass is 252 g/mol. The summed E-state index contributed by atoms with van der Waals surface area (Å²) in [6, 6.07) is 0. The van der Waals surface area contributed by atoms with E-state index in [1.54, 1.807) is 6.92 Å². The van der Waals surface area contributed by atoms with Crippen molar-refractivity contribution in [2.24, 2.45) is 7.05 Å². The van der Waals surface area contributed by atoms with Crippen LogP contribution in [0.2, 0.25) is 0 Å². The molecular formula is C9H12N6O3. The number of rotatable bonds is 2. The highest BCUT2D eigenvalue weighted by Crippen LogP contribution is 2.04. The van der Waals surface area contributed by atoms with Gasteiger partial charge in [-0.3, -0.25) is 9.36 Å². The molecule has 0 amide bonds. The SMILES string of the molecule is Cc1noc(Cn2c(=O)c(N)c(N)n(C)c2=O)n1. The number of aromatic nitrogens is 4. The van der Waals surface area contributed by atoms with Gasteiger partial charge in [-0.05, 0) is 6.92 Å². The predicted octanol–water partition coefficient (Wildman–Crippen LogP) is -1.55. The van der Waals surface area contributed by atoms with Gasteiger partial charge in [-0.1, -0.05) is 5.16 Å². The van der Waals surface area contributed by atoms with Gasteiger partial charge in [0.25, 0.3) is 5.56 Å². The molecule has 0 saturated heterocycles. The molecule has 2 aromatic heterocycles. The number of hydrogen-bond donors (Lipinski definition) is 2. The molecule has 0 bridgehead atoms. The number of hydrogen-bond acceptors (Lipinski definition) is 7. The number of nitrogens with zero attached hydrogens (tertiary/aromatic N) is 4. The van der Waals surface area contributed by atoms with Crippen molar-refractivity contribution in [3.05, 3.63) is 32.6 Å². The van der Waals surface area contributed by atoms with Crippen LogP contribution in [0.1, 0.15) is 11.7 Å². The third-order valence-corrected chi connectivity index (χ3v) is 2.49. The van der Waals surface area contributed by atoms with Gasteiger partial charge in [0.2, 0.25) is 5.89 Å². The second-order valence-corrected chi connectivity index (χ2v) is 3.77. The van der Waals surface area contributed by atoms with E-state index in [0.29, 0.717) is 5.82 Å². The third-order valence-electron chi connectivity index (χ3n) is 2.49. The van der Waals surface area contributed by atoms with Gasteiger partial charge in [0.1, 0.15) is 18.1 Å². The molecule has 0 atom stereocenters. The average Bonchev–Trinajstić information content (AvgIpc) is 2.75. The van der Waals surface area contributed by atoms with Crippen LogP contribution in [0.3, 0.4) is 0 Å². The van der Waals surface area contributed by atoms with Crippen LogP contribution in [-0.2, 0) is 13.6 Å². The maximum Gasteiger partial charge on any atom is 0.332 e. The normalized spacial score (nSPS) is 10.8. The van der Waals surface area contributed by atoms with E-state index in [0.717, 1.165) is 9.13 Å². The fourth-order valence-electron chi connectivity index (χ4n) is 1.49. The van der Waals surface area contributed by atoms with E-state index in [9.17, 15) is 9.59 Å². The fourth-order valence-corrected chi connectivity index (χ4v) is 1.49. The van der Waals surface area contributed by atoms with Crippen molar-refractivity contribution in [3.8, 4) is 0 Å². The van der Waals surface area contributed by atoms with E-state index < -0.39 is 11.2 Å². The van der Waals surface area contributed by atoms with Gasteiger partial charge in [0.05, 0.1) is 0 Å². The summed E-state index contributed by atoms with van der Waals surface area (Å²) in [6.45, 7) is 1.49. The molecule has 0 aliphatic heterocycles. The van der Waals surface area contributed by atoms with E-state index in [2.05, 4.69) is 10.1 Å². The molecule has 0 aliphatic carbocycles. The molecule has 0 aliphatic rings. The summed E-state index contributed by atoms with van der Waals surface area (Å²) < 4.78 is 6.82. The highest BCUT2D eigenvalue weighted by molar-refractivity contribution is 5.56. The molecule has 0 saturated carbocycles. The first-order valence-corrected chi connectivity index (χ1v) is 5.05. The molecule has 4 N–H and O–H groups in total. The number of nitrogens with two attached hydrogens (primary N) is 2. The second kappa shape index (κ2) is 4.02. The van der Waals surface area contributed by atoms with Gasteiger partial charge in [0, 0.05) is 7.05 Å². The number of anilines is 2. The number of nitrogen functional groups attached to an aromatic ring is 2. The lowest BCUT2D eigenvalue weighted by Crippen LogP contribution is -2.41. The first-order valence-electron chi connectivity index (χ1n) is 5.05. The van der Waals surface area contributed by atoms with E-state index in [1.807, 2.05) is 0 Å². The van der Waals surface area contributed by atoms with Crippen molar-refractivity contribution in [2.75, 3.05) is 11.5 Å². The molecule has 96 valence electrons. The zero-order chi connectivity index (χ0) is 13.4. The minimum absolute atomic E-state index is 0.0667. The summed E-state index contributed by atoms with van der Waals surface area (Å²) in [4.78, 5) is 27.6. The Labute approximate surface area is 101 Å². The zero-order valence-electron chi connectivity index (χ0n) is 9.88. The molecule has 0 fully saturated rings. The van der Waals surface area contributed by atoms with E-state index >= 15 is 0 Å². The Balaban J connectivity index is 2.59. The molecule has 2 rings (SSSR count). The van der Waals surface area contributed by atoms with Crippen molar-refractivity contribution in [1.82, 2.24) is 19.3 Å². The Morgan fingerprint density at radius 1 is 1.33 bits per heavy atom. The van der Waals surface area contributed by atoms with Crippen LogP contribution >= 0.6 is 0 Å². The Hall–Kier alpha value is -2.58. The van der Waals surface area contributed by atoms with Gasteiger partial charge in [-0.15, -0.1) is 0 Å². The molecule has 18 heavy (non-hydrogen) atoms. The first-order chi connectivity index (χ1) is 8.41. The first kappa shape index (κ1) is 11.9. The van der Waals surface area contributed by atoms with Gasteiger partial charge < -0.3 is 16.0 Å². The Kier molecular flexibility index (Phi) is 2.66. The van der Waals surface area contributed by atoms with Crippen molar-refractivity contribution in [3.63, 3.8) is 0 Å². The van der Waals surface area contributed by atoms with Crippen molar-refractivity contribution >= 4 is 11.5 Å². The summed E-state index contributed by atoms with van der Waals surface area (Å²) in [5.74, 6) is 0.497. The second-order valence-electron chi connectivity index (χ2n) is 3.77. The van der Waals surface area contributed by atoms with Crippen LogP contribution in [0.25, 0.3) is 0 Å². The maximum absolute atomic E-state index is 11.9. The van der Waals surface area contributed by atoms with Gasteiger partial charge in [-0.25, -0.2) is 9.36 Å². The van der Waals surface area contributed by atoms with Crippen LogP contribution in [-0.4, -0.2) is 19.3 Å². The quantitative estimate of drug-likeness (QED) is 0.660.